The van der Waals surface area contributed by atoms with E-state index in [9.17, 15) is 14.4 Å². The van der Waals surface area contributed by atoms with Crippen molar-refractivity contribution in [3.8, 4) is 0 Å². The van der Waals surface area contributed by atoms with Gasteiger partial charge in [0.05, 0.1) is 0 Å². The molecule has 392 valence electrons. The number of hydrogen-bond acceptors (Lipinski definition) is 6. The molecule has 69 heavy (non-hydrogen) atoms. The maximum absolute atomic E-state index is 12.8. The Labute approximate surface area is 425 Å². The molecule has 0 rings (SSSR count). The van der Waals surface area contributed by atoms with Crippen LogP contribution in [0.5, 0.6) is 0 Å². The number of allylic oxidation sites excluding steroid dienone is 18. The van der Waals surface area contributed by atoms with Crippen molar-refractivity contribution in [3.05, 3.63) is 109 Å². The molecule has 0 aromatic carbocycles. The fourth-order valence-corrected chi connectivity index (χ4v) is 7.54. The second kappa shape index (κ2) is 56.7. The van der Waals surface area contributed by atoms with Crippen LogP contribution in [0.15, 0.2) is 109 Å². The molecule has 0 spiro atoms. The highest BCUT2D eigenvalue weighted by Crippen LogP contribution is 2.14. The maximum atomic E-state index is 12.8. The van der Waals surface area contributed by atoms with Crippen LogP contribution in [-0.4, -0.2) is 37.2 Å². The number of carbonyl (C=O) groups is 3. The third-order valence-electron chi connectivity index (χ3n) is 11.7. The second-order valence-electron chi connectivity index (χ2n) is 18.4. The van der Waals surface area contributed by atoms with Gasteiger partial charge < -0.3 is 14.2 Å². The molecule has 0 aromatic rings. The number of ether oxygens (including phenoxy) is 3. The maximum Gasteiger partial charge on any atom is 0.306 e. The van der Waals surface area contributed by atoms with Gasteiger partial charge in [-0.25, -0.2) is 0 Å². The molecular weight excluding hydrogens is 853 g/mol. The molecule has 0 heterocycles. The molecule has 0 aromatic heterocycles. The van der Waals surface area contributed by atoms with Gasteiger partial charge in [-0.05, 0) is 122 Å². The summed E-state index contributed by atoms with van der Waals surface area (Å²) in [6.45, 7) is 6.36. The van der Waals surface area contributed by atoms with Gasteiger partial charge in [-0.15, -0.1) is 0 Å². The fraction of sp³-hybridized carbons (Fsp3) is 0.667. The lowest BCUT2D eigenvalue weighted by Crippen LogP contribution is -2.30. The van der Waals surface area contributed by atoms with E-state index in [0.29, 0.717) is 19.3 Å². The first kappa shape index (κ1) is 65.1. The molecule has 0 aliphatic rings. The van der Waals surface area contributed by atoms with Crippen LogP contribution in [0, 0.1) is 0 Å². The quantitative estimate of drug-likeness (QED) is 0.0262. The fourth-order valence-electron chi connectivity index (χ4n) is 7.54. The van der Waals surface area contributed by atoms with E-state index in [4.69, 9.17) is 14.2 Å². The van der Waals surface area contributed by atoms with Crippen LogP contribution in [0.2, 0.25) is 0 Å². The number of hydrogen-bond donors (Lipinski definition) is 0. The van der Waals surface area contributed by atoms with Crippen LogP contribution in [0.1, 0.15) is 252 Å². The molecule has 0 saturated carbocycles. The van der Waals surface area contributed by atoms with Gasteiger partial charge in [0.25, 0.3) is 0 Å². The molecule has 6 heteroatoms. The third-order valence-corrected chi connectivity index (χ3v) is 11.7. The van der Waals surface area contributed by atoms with Crippen molar-refractivity contribution in [1.29, 1.82) is 0 Å². The van der Waals surface area contributed by atoms with Crippen LogP contribution >= 0.6 is 0 Å². The Hall–Kier alpha value is -3.93. The first-order valence-corrected chi connectivity index (χ1v) is 28.4. The monoisotopic (exact) mass is 957 g/mol. The summed E-state index contributed by atoms with van der Waals surface area (Å²) in [4.78, 5) is 38.1. The van der Waals surface area contributed by atoms with E-state index in [2.05, 4.69) is 130 Å². The van der Waals surface area contributed by atoms with Crippen LogP contribution in [0.25, 0.3) is 0 Å². The van der Waals surface area contributed by atoms with Crippen LogP contribution < -0.4 is 0 Å². The minimum Gasteiger partial charge on any atom is -0.462 e. The zero-order chi connectivity index (χ0) is 50.0. The van der Waals surface area contributed by atoms with Crippen molar-refractivity contribution in [2.75, 3.05) is 13.2 Å². The molecule has 0 aliphatic heterocycles. The highest BCUT2D eigenvalue weighted by atomic mass is 16.6. The molecule has 0 bridgehead atoms. The van der Waals surface area contributed by atoms with Gasteiger partial charge in [-0.1, -0.05) is 220 Å². The Kier molecular flexibility index (Phi) is 53.4. The van der Waals surface area contributed by atoms with Crippen LogP contribution in [0.4, 0.5) is 0 Å². The summed E-state index contributed by atoms with van der Waals surface area (Å²) in [7, 11) is 0. The molecule has 0 N–H and O–H groups in total. The van der Waals surface area contributed by atoms with Gasteiger partial charge in [0, 0.05) is 19.3 Å². The Bertz CT molecular complexity index is 1420. The van der Waals surface area contributed by atoms with E-state index in [1.54, 1.807) is 0 Å². The SMILES string of the molecule is CC/C=C\C/C=C\C/C=C\C/C=C\CCCCCCCCCCC(=O)OCC(COC(=O)CCCCCCC/C=C\CCCCCCCC)OC(=O)CCCC/C=C\C/C=C\C/C=C\C/C=C\CC. The average molecular weight is 958 g/mol. The molecule has 0 aliphatic carbocycles. The van der Waals surface area contributed by atoms with E-state index in [1.807, 2.05) is 0 Å². The lowest BCUT2D eigenvalue weighted by molar-refractivity contribution is -0.167. The molecular formula is C63H104O6. The average Bonchev–Trinajstić information content (AvgIpc) is 3.35. The third kappa shape index (κ3) is 54.9. The summed E-state index contributed by atoms with van der Waals surface area (Å²) in [5.74, 6) is -0.961. The van der Waals surface area contributed by atoms with Crippen molar-refractivity contribution < 1.29 is 28.6 Å². The highest BCUT2D eigenvalue weighted by molar-refractivity contribution is 5.71. The van der Waals surface area contributed by atoms with Gasteiger partial charge in [0.15, 0.2) is 6.10 Å². The number of carbonyl (C=O) groups excluding carboxylic acids is 3. The predicted octanol–water partition coefficient (Wildman–Crippen LogP) is 19.1. The summed E-state index contributed by atoms with van der Waals surface area (Å²) in [6, 6.07) is 0. The van der Waals surface area contributed by atoms with Gasteiger partial charge in [-0.2, -0.15) is 0 Å². The normalized spacial score (nSPS) is 12.9. The van der Waals surface area contributed by atoms with Gasteiger partial charge in [0.1, 0.15) is 13.2 Å². The number of esters is 3. The molecule has 0 saturated heterocycles. The van der Waals surface area contributed by atoms with E-state index < -0.39 is 6.10 Å². The van der Waals surface area contributed by atoms with Crippen LogP contribution in [0.3, 0.4) is 0 Å². The summed E-state index contributed by atoms with van der Waals surface area (Å²) in [5, 5.41) is 0. The first-order chi connectivity index (χ1) is 34.0. The Morgan fingerprint density at radius 1 is 0.304 bits per heavy atom. The van der Waals surface area contributed by atoms with Crippen molar-refractivity contribution in [3.63, 3.8) is 0 Å². The Morgan fingerprint density at radius 3 is 0.928 bits per heavy atom. The van der Waals surface area contributed by atoms with Crippen LogP contribution in [-0.2, 0) is 28.6 Å². The largest absolute Gasteiger partial charge is 0.462 e. The second-order valence-corrected chi connectivity index (χ2v) is 18.4. The number of unbranched alkanes of at least 4 members (excludes halogenated alkanes) is 21. The zero-order valence-electron chi connectivity index (χ0n) is 44.8. The molecule has 0 amide bonds. The molecule has 0 radical (unpaired) electrons. The lowest BCUT2D eigenvalue weighted by Gasteiger charge is -2.18. The smallest absolute Gasteiger partial charge is 0.306 e. The van der Waals surface area contributed by atoms with E-state index in [1.165, 1.54) is 83.5 Å². The van der Waals surface area contributed by atoms with E-state index in [-0.39, 0.29) is 37.5 Å². The van der Waals surface area contributed by atoms with E-state index >= 15 is 0 Å². The summed E-state index contributed by atoms with van der Waals surface area (Å²) in [5.41, 5.74) is 0. The number of rotatable bonds is 50. The van der Waals surface area contributed by atoms with Gasteiger partial charge in [-0.3, -0.25) is 14.4 Å². The lowest BCUT2D eigenvalue weighted by atomic mass is 10.1. The Morgan fingerprint density at radius 2 is 0.565 bits per heavy atom. The molecule has 0 fully saturated rings. The minimum atomic E-state index is -0.809. The van der Waals surface area contributed by atoms with E-state index in [0.717, 1.165) is 122 Å². The van der Waals surface area contributed by atoms with Crippen molar-refractivity contribution in [2.45, 2.75) is 258 Å². The van der Waals surface area contributed by atoms with Crippen molar-refractivity contribution in [2.24, 2.45) is 0 Å². The molecule has 6 nitrogen and oxygen atoms in total. The summed E-state index contributed by atoms with van der Waals surface area (Å²) in [6.07, 6.45) is 76.5. The minimum absolute atomic E-state index is 0.103. The summed E-state index contributed by atoms with van der Waals surface area (Å²) >= 11 is 0. The van der Waals surface area contributed by atoms with Crippen molar-refractivity contribution in [1.82, 2.24) is 0 Å². The molecule has 1 atom stereocenters. The van der Waals surface area contributed by atoms with Gasteiger partial charge >= 0.3 is 17.9 Å². The zero-order valence-corrected chi connectivity index (χ0v) is 44.8. The molecule has 1 unspecified atom stereocenters. The van der Waals surface area contributed by atoms with Gasteiger partial charge in [0.2, 0.25) is 0 Å². The first-order valence-electron chi connectivity index (χ1n) is 28.4. The standard InChI is InChI=1S/C63H104O6/c1-4-7-10-13-16-19-22-25-28-29-30-31-32-33-36-38-41-44-47-50-53-56-62(65)68-59-60(69-63(66)57-54-51-48-45-42-39-35-27-24-21-18-15-12-9-6-3)58-67-61(64)55-52-49-46-43-40-37-34-26-23-20-17-14-11-8-5-2/h7,9-10,12,16,18-19,21,25-28,30-31,34-35,42,45,60H,4-6,8,11,13-15,17,20,22-24,29,32-33,36-41,43-44,46-59H2,1-3H3/b10-7-,12-9-,19-16-,21-18-,28-25-,31-30-,34-26-,35-27-,45-42-. The summed E-state index contributed by atoms with van der Waals surface area (Å²) < 4.78 is 16.8. The Balaban J connectivity index is 4.45. The topological polar surface area (TPSA) is 78.9 Å². The highest BCUT2D eigenvalue weighted by Gasteiger charge is 2.19. The predicted molar refractivity (Wildman–Crippen MR) is 297 cm³/mol. The van der Waals surface area contributed by atoms with Crippen molar-refractivity contribution >= 4 is 17.9 Å².